The van der Waals surface area contributed by atoms with E-state index in [1.807, 2.05) is 0 Å². The van der Waals surface area contributed by atoms with Gasteiger partial charge in [0, 0.05) is 17.7 Å². The number of aliphatic carboxylic acids is 1. The van der Waals surface area contributed by atoms with E-state index in [1.165, 1.54) is 18.2 Å². The van der Waals surface area contributed by atoms with Crippen molar-refractivity contribution in [3.05, 3.63) is 102 Å². The van der Waals surface area contributed by atoms with Gasteiger partial charge in [-0.05, 0) is 35.7 Å². The van der Waals surface area contributed by atoms with Crippen molar-refractivity contribution in [3.8, 4) is 0 Å². The third-order valence-corrected chi connectivity index (χ3v) is 6.20. The number of rotatable bonds is 9. The van der Waals surface area contributed by atoms with Crippen LogP contribution < -0.4 is 10.2 Å². The Morgan fingerprint density at radius 2 is 1.51 bits per heavy atom. The van der Waals surface area contributed by atoms with E-state index < -0.39 is 48.0 Å². The van der Waals surface area contributed by atoms with Gasteiger partial charge in [0.15, 0.2) is 0 Å². The minimum Gasteiger partial charge on any atom is -0.480 e. The van der Waals surface area contributed by atoms with Gasteiger partial charge in [0.05, 0.1) is 12.5 Å². The molecule has 2 amide bonds. The Bertz CT molecular complexity index is 1310. The molecule has 1 aliphatic rings. The zero-order chi connectivity index (χ0) is 26.6. The topological polar surface area (TPSA) is 104 Å². The molecular formula is C28H24F2N2O5. The molecule has 3 aromatic carbocycles. The second kappa shape index (κ2) is 10.7. The van der Waals surface area contributed by atoms with Crippen LogP contribution in [0.1, 0.15) is 27.9 Å². The third kappa shape index (κ3) is 5.72. The van der Waals surface area contributed by atoms with Gasteiger partial charge in [-0.2, -0.15) is 8.78 Å². The molecule has 190 valence electrons. The molecule has 9 heteroatoms. The molecule has 1 aliphatic heterocycles. The quantitative estimate of drug-likeness (QED) is 0.461. The number of alkyl halides is 2. The van der Waals surface area contributed by atoms with Gasteiger partial charge in [0.2, 0.25) is 11.7 Å². The van der Waals surface area contributed by atoms with Crippen molar-refractivity contribution < 1.29 is 33.1 Å². The minimum absolute atomic E-state index is 0.0273. The molecule has 2 atom stereocenters. The molecule has 0 aliphatic carbocycles. The zero-order valence-electron chi connectivity index (χ0n) is 19.6. The van der Waals surface area contributed by atoms with Crippen LogP contribution in [0.25, 0.3) is 0 Å². The highest BCUT2D eigenvalue weighted by Gasteiger charge is 2.48. The molecule has 0 saturated heterocycles. The van der Waals surface area contributed by atoms with E-state index in [0.717, 1.165) is 4.90 Å². The van der Waals surface area contributed by atoms with Gasteiger partial charge in [-0.25, -0.2) is 4.79 Å². The lowest BCUT2D eigenvalue weighted by molar-refractivity contribution is -0.150. The molecule has 1 heterocycles. The highest BCUT2D eigenvalue weighted by molar-refractivity contribution is 6.06. The highest BCUT2D eigenvalue weighted by Crippen LogP contribution is 2.35. The number of benzene rings is 3. The summed E-state index contributed by atoms with van der Waals surface area (Å²) in [6, 6.07) is 19.6. The van der Waals surface area contributed by atoms with Gasteiger partial charge in [-0.3, -0.25) is 19.3 Å². The van der Waals surface area contributed by atoms with Crippen LogP contribution in [0.4, 0.5) is 14.5 Å². The Labute approximate surface area is 211 Å². The number of anilines is 1. The first-order valence-electron chi connectivity index (χ1n) is 11.6. The van der Waals surface area contributed by atoms with Gasteiger partial charge in [0.25, 0.3) is 5.91 Å². The summed E-state index contributed by atoms with van der Waals surface area (Å²) >= 11 is 0. The first-order chi connectivity index (χ1) is 17.7. The van der Waals surface area contributed by atoms with Crippen LogP contribution in [0.5, 0.6) is 0 Å². The average molecular weight is 507 g/mol. The molecule has 37 heavy (non-hydrogen) atoms. The smallest absolute Gasteiger partial charge is 0.327 e. The molecule has 0 bridgehead atoms. The number of carboxylic acid groups (broad SMARTS) is 1. The molecule has 1 unspecified atom stereocenters. The Kier molecular flexibility index (Phi) is 7.42. The van der Waals surface area contributed by atoms with Crippen molar-refractivity contribution in [2.45, 2.75) is 37.3 Å². The van der Waals surface area contributed by atoms with E-state index in [2.05, 4.69) is 5.32 Å². The standard InChI is InChI=1S/C28H24F2N2O5/c29-28(30,17-24(33)32-22-14-8-7-13-20(22)16-23(32)27(36)37)25(34)21(15-18-9-3-1-4-10-18)31-26(35)19-11-5-2-6-12-19/h1-14,21,23H,15-17H2,(H,31,35)(H,36,37)/t21?,23-/m0/s1. The SMILES string of the molecule is O=C(NC(Cc1ccccc1)C(=O)C(F)(F)CC(=O)N1c2ccccc2C[C@H]1C(=O)O)c1ccccc1. The summed E-state index contributed by atoms with van der Waals surface area (Å²) in [7, 11) is 0. The van der Waals surface area contributed by atoms with E-state index >= 15 is 8.78 Å². The van der Waals surface area contributed by atoms with E-state index in [1.54, 1.807) is 66.7 Å². The Balaban J connectivity index is 1.57. The molecule has 2 N–H and O–H groups in total. The van der Waals surface area contributed by atoms with Crippen molar-refractivity contribution in [3.63, 3.8) is 0 Å². The molecular weight excluding hydrogens is 482 g/mol. The molecule has 0 aromatic heterocycles. The van der Waals surface area contributed by atoms with Crippen molar-refractivity contribution in [1.82, 2.24) is 5.32 Å². The molecule has 7 nitrogen and oxygen atoms in total. The van der Waals surface area contributed by atoms with Crippen molar-refractivity contribution >= 4 is 29.3 Å². The molecule has 0 saturated carbocycles. The number of carbonyl (C=O) groups is 4. The number of nitrogens with zero attached hydrogens (tertiary/aromatic N) is 1. The molecule has 0 spiro atoms. The third-order valence-electron chi connectivity index (χ3n) is 6.20. The Hall–Kier alpha value is -4.40. The summed E-state index contributed by atoms with van der Waals surface area (Å²) < 4.78 is 30.7. The molecule has 0 fully saturated rings. The number of Topliss-reactive ketones (excluding diaryl/α,β-unsaturated/α-hetero) is 1. The van der Waals surface area contributed by atoms with Gasteiger partial charge in [-0.15, -0.1) is 0 Å². The van der Waals surface area contributed by atoms with Crippen LogP contribution in [-0.2, 0) is 27.2 Å². The Morgan fingerprint density at radius 3 is 2.16 bits per heavy atom. The number of carbonyl (C=O) groups excluding carboxylic acids is 3. The van der Waals surface area contributed by atoms with Crippen LogP contribution in [0.15, 0.2) is 84.9 Å². The maximum atomic E-state index is 15.3. The van der Waals surface area contributed by atoms with Crippen LogP contribution in [0.2, 0.25) is 0 Å². The van der Waals surface area contributed by atoms with Crippen LogP contribution in [0.3, 0.4) is 0 Å². The highest BCUT2D eigenvalue weighted by atomic mass is 19.3. The number of ketones is 1. The summed E-state index contributed by atoms with van der Waals surface area (Å²) in [4.78, 5) is 51.4. The van der Waals surface area contributed by atoms with Gasteiger partial charge >= 0.3 is 11.9 Å². The molecule has 0 radical (unpaired) electrons. The molecule has 3 aromatic rings. The monoisotopic (exact) mass is 506 g/mol. The maximum absolute atomic E-state index is 15.3. The number of fused-ring (bicyclic) bond motifs is 1. The van der Waals surface area contributed by atoms with Gasteiger partial charge in [-0.1, -0.05) is 66.7 Å². The van der Waals surface area contributed by atoms with Crippen LogP contribution in [0, 0.1) is 0 Å². The van der Waals surface area contributed by atoms with Crippen molar-refractivity contribution in [2.24, 2.45) is 0 Å². The molecule has 4 rings (SSSR count). The number of carboxylic acids is 1. The zero-order valence-corrected chi connectivity index (χ0v) is 19.6. The summed E-state index contributed by atoms with van der Waals surface area (Å²) in [6.45, 7) is 0. The predicted molar refractivity (Wildman–Crippen MR) is 131 cm³/mol. The Morgan fingerprint density at radius 1 is 0.919 bits per heavy atom. The fraction of sp³-hybridized carbons (Fsp3) is 0.214. The number of hydrogen-bond donors (Lipinski definition) is 2. The predicted octanol–water partition coefficient (Wildman–Crippen LogP) is 3.66. The van der Waals surface area contributed by atoms with Gasteiger partial charge < -0.3 is 10.4 Å². The van der Waals surface area contributed by atoms with Crippen molar-refractivity contribution in [2.75, 3.05) is 4.90 Å². The average Bonchev–Trinajstić information content (AvgIpc) is 3.29. The van der Waals surface area contributed by atoms with E-state index in [4.69, 9.17) is 0 Å². The van der Waals surface area contributed by atoms with Crippen molar-refractivity contribution in [1.29, 1.82) is 0 Å². The normalized spacial score (nSPS) is 15.5. The summed E-state index contributed by atoms with van der Waals surface area (Å²) in [5.74, 6) is -9.04. The lowest BCUT2D eigenvalue weighted by atomic mass is 9.96. The number of hydrogen-bond acceptors (Lipinski definition) is 4. The summed E-state index contributed by atoms with van der Waals surface area (Å²) in [5.41, 5.74) is 1.48. The minimum atomic E-state index is -4.17. The first kappa shape index (κ1) is 25.7. The van der Waals surface area contributed by atoms with E-state index in [0.29, 0.717) is 11.1 Å². The fourth-order valence-corrected chi connectivity index (χ4v) is 4.40. The van der Waals surface area contributed by atoms with E-state index in [-0.39, 0.29) is 24.1 Å². The number of nitrogens with one attached hydrogen (secondary N) is 1. The van der Waals surface area contributed by atoms with Crippen LogP contribution >= 0.6 is 0 Å². The second-order valence-corrected chi connectivity index (χ2v) is 8.78. The van der Waals surface area contributed by atoms with Crippen LogP contribution in [-0.4, -0.2) is 46.7 Å². The lowest BCUT2D eigenvalue weighted by Crippen LogP contribution is -2.52. The largest absolute Gasteiger partial charge is 0.480 e. The summed E-state index contributed by atoms with van der Waals surface area (Å²) in [6.07, 6.45) is -1.77. The van der Waals surface area contributed by atoms with E-state index in [9.17, 15) is 24.3 Å². The lowest BCUT2D eigenvalue weighted by Gasteiger charge is -2.27. The number of amides is 2. The number of para-hydroxylation sites is 1. The summed E-state index contributed by atoms with van der Waals surface area (Å²) in [5, 5.41) is 12.0. The number of halogens is 2. The first-order valence-corrected chi connectivity index (χ1v) is 11.6. The second-order valence-electron chi connectivity index (χ2n) is 8.78. The fourth-order valence-electron chi connectivity index (χ4n) is 4.40. The van der Waals surface area contributed by atoms with Gasteiger partial charge in [0.1, 0.15) is 6.04 Å². The maximum Gasteiger partial charge on any atom is 0.327 e.